The molecule has 0 aliphatic carbocycles. The third-order valence-corrected chi connectivity index (χ3v) is 6.89. The maximum Gasteiger partial charge on any atom is 0.237 e. The molecule has 3 rings (SSSR count). The van der Waals surface area contributed by atoms with Gasteiger partial charge in [0.05, 0.1) is 23.3 Å². The summed E-state index contributed by atoms with van der Waals surface area (Å²) in [5, 5.41) is 0. The molecule has 0 radical (unpaired) electrons. The summed E-state index contributed by atoms with van der Waals surface area (Å²) in [5.41, 5.74) is 0.597. The molecule has 1 fully saturated rings. The Morgan fingerprint density at radius 1 is 1.15 bits per heavy atom. The highest BCUT2D eigenvalue weighted by Gasteiger charge is 2.35. The summed E-state index contributed by atoms with van der Waals surface area (Å²) in [7, 11) is -3.17. The number of rotatable bonds is 5. The average molecular weight is 397 g/mol. The van der Waals surface area contributed by atoms with Crippen molar-refractivity contribution in [1.82, 2.24) is 0 Å². The molecule has 0 saturated carbocycles. The second kappa shape index (κ2) is 7.75. The second-order valence-corrected chi connectivity index (χ2v) is 9.27. The van der Waals surface area contributed by atoms with Gasteiger partial charge in [0, 0.05) is 10.6 Å². The van der Waals surface area contributed by atoms with Gasteiger partial charge >= 0.3 is 0 Å². The van der Waals surface area contributed by atoms with Crippen LogP contribution in [0.1, 0.15) is 6.42 Å². The first-order chi connectivity index (χ1) is 12.4. The Morgan fingerprint density at radius 2 is 1.88 bits per heavy atom. The number of carbonyl (C=O) groups excluding carboxylic acids is 1. The Morgan fingerprint density at radius 3 is 2.54 bits per heavy atom. The maximum atomic E-state index is 13.8. The molecular weight excluding hydrogens is 380 g/mol. The molecule has 0 bridgehead atoms. The quantitative estimate of drug-likeness (QED) is 0.727. The number of para-hydroxylation sites is 1. The molecule has 1 aliphatic heterocycles. The van der Waals surface area contributed by atoms with E-state index in [2.05, 4.69) is 0 Å². The van der Waals surface area contributed by atoms with E-state index in [1.807, 2.05) is 0 Å². The minimum absolute atomic E-state index is 0.0416. The standard InChI is InChI=1S/C18H17F2NO3S2/c19-13-6-7-16(20)17(10-13)25-11-18(22)21(14-4-2-1-3-5-14)15-8-9-26(23,24)12-15/h1-7,10,15H,8-9,11-12H2/t15-/m0/s1. The smallest absolute Gasteiger partial charge is 0.237 e. The molecule has 2 aromatic rings. The van der Waals surface area contributed by atoms with Crippen molar-refractivity contribution in [3.8, 4) is 0 Å². The zero-order chi connectivity index (χ0) is 18.7. The zero-order valence-corrected chi connectivity index (χ0v) is 15.4. The molecule has 1 atom stereocenters. The van der Waals surface area contributed by atoms with Gasteiger partial charge in [0.15, 0.2) is 9.84 Å². The van der Waals surface area contributed by atoms with Crippen LogP contribution in [-0.4, -0.2) is 37.6 Å². The first kappa shape index (κ1) is 18.8. The van der Waals surface area contributed by atoms with E-state index in [-0.39, 0.29) is 28.1 Å². The number of amides is 1. The Bertz CT molecular complexity index is 904. The van der Waals surface area contributed by atoms with Gasteiger partial charge in [-0.15, -0.1) is 11.8 Å². The molecule has 0 aromatic heterocycles. The number of benzene rings is 2. The van der Waals surface area contributed by atoms with Gasteiger partial charge in [-0.25, -0.2) is 17.2 Å². The largest absolute Gasteiger partial charge is 0.308 e. The Balaban J connectivity index is 1.80. The molecule has 26 heavy (non-hydrogen) atoms. The van der Waals surface area contributed by atoms with E-state index >= 15 is 0 Å². The summed E-state index contributed by atoms with van der Waals surface area (Å²) < 4.78 is 50.7. The van der Waals surface area contributed by atoms with Gasteiger partial charge < -0.3 is 4.90 Å². The van der Waals surface area contributed by atoms with Crippen LogP contribution in [0.2, 0.25) is 0 Å². The molecule has 1 amide bonds. The molecule has 4 nitrogen and oxygen atoms in total. The predicted molar refractivity (Wildman–Crippen MR) is 98.1 cm³/mol. The van der Waals surface area contributed by atoms with E-state index in [4.69, 9.17) is 0 Å². The number of thioether (sulfide) groups is 1. The Kier molecular flexibility index (Phi) is 5.62. The van der Waals surface area contributed by atoms with Crippen LogP contribution in [0.5, 0.6) is 0 Å². The predicted octanol–water partition coefficient (Wildman–Crippen LogP) is 3.28. The fourth-order valence-corrected chi connectivity index (χ4v) is 5.44. The van der Waals surface area contributed by atoms with Crippen LogP contribution in [0.3, 0.4) is 0 Å². The van der Waals surface area contributed by atoms with E-state index in [9.17, 15) is 22.0 Å². The van der Waals surface area contributed by atoms with E-state index in [0.29, 0.717) is 12.1 Å². The van der Waals surface area contributed by atoms with Crippen molar-refractivity contribution >= 4 is 33.2 Å². The van der Waals surface area contributed by atoms with E-state index < -0.39 is 27.5 Å². The summed E-state index contributed by atoms with van der Waals surface area (Å²) in [4.78, 5) is 14.3. The average Bonchev–Trinajstić information content (AvgIpc) is 2.96. The third kappa shape index (κ3) is 4.42. The van der Waals surface area contributed by atoms with Crippen molar-refractivity contribution in [3.05, 3.63) is 60.2 Å². The Hall–Kier alpha value is -1.93. The first-order valence-corrected chi connectivity index (χ1v) is 10.8. The van der Waals surface area contributed by atoms with Crippen molar-refractivity contribution in [3.63, 3.8) is 0 Å². The highest BCUT2D eigenvalue weighted by molar-refractivity contribution is 8.00. The van der Waals surface area contributed by atoms with Gasteiger partial charge in [0.25, 0.3) is 0 Å². The van der Waals surface area contributed by atoms with Crippen LogP contribution < -0.4 is 4.90 Å². The fourth-order valence-electron chi connectivity index (χ4n) is 2.92. The van der Waals surface area contributed by atoms with Crippen molar-refractivity contribution in [2.45, 2.75) is 17.4 Å². The highest BCUT2D eigenvalue weighted by atomic mass is 32.2. The first-order valence-electron chi connectivity index (χ1n) is 8.01. The number of halogens is 2. The molecule has 0 N–H and O–H groups in total. The summed E-state index contributed by atoms with van der Waals surface area (Å²) >= 11 is 0.895. The SMILES string of the molecule is O=C(CSc1cc(F)ccc1F)N(c1ccccc1)[C@H]1CCS(=O)(=O)C1. The molecule has 1 heterocycles. The van der Waals surface area contributed by atoms with E-state index in [1.165, 1.54) is 4.90 Å². The van der Waals surface area contributed by atoms with Crippen molar-refractivity contribution in [1.29, 1.82) is 0 Å². The number of anilines is 1. The summed E-state index contributed by atoms with van der Waals surface area (Å²) in [6, 6.07) is 11.4. The van der Waals surface area contributed by atoms with Crippen LogP contribution in [-0.2, 0) is 14.6 Å². The van der Waals surface area contributed by atoms with Gasteiger partial charge in [-0.1, -0.05) is 18.2 Å². The number of hydrogen-bond donors (Lipinski definition) is 0. The van der Waals surface area contributed by atoms with Gasteiger partial charge in [-0.3, -0.25) is 4.79 Å². The lowest BCUT2D eigenvalue weighted by molar-refractivity contribution is -0.116. The Labute approximate surface area is 155 Å². The van der Waals surface area contributed by atoms with Crippen LogP contribution in [0, 0.1) is 11.6 Å². The third-order valence-electron chi connectivity index (χ3n) is 4.12. The lowest BCUT2D eigenvalue weighted by atomic mass is 10.2. The van der Waals surface area contributed by atoms with Crippen LogP contribution in [0.4, 0.5) is 14.5 Å². The lowest BCUT2D eigenvalue weighted by Crippen LogP contribution is -2.42. The van der Waals surface area contributed by atoms with Crippen LogP contribution in [0.15, 0.2) is 53.4 Å². The minimum atomic E-state index is -3.17. The number of sulfone groups is 1. The van der Waals surface area contributed by atoms with Crippen molar-refractivity contribution in [2.24, 2.45) is 0 Å². The van der Waals surface area contributed by atoms with Crippen molar-refractivity contribution < 1.29 is 22.0 Å². The number of carbonyl (C=O) groups is 1. The summed E-state index contributed by atoms with van der Waals surface area (Å²) in [6.07, 6.45) is 0.363. The molecule has 138 valence electrons. The minimum Gasteiger partial charge on any atom is -0.308 e. The molecular formula is C18H17F2NO3S2. The van der Waals surface area contributed by atoms with Gasteiger partial charge in [0.1, 0.15) is 11.6 Å². The van der Waals surface area contributed by atoms with Crippen LogP contribution >= 0.6 is 11.8 Å². The van der Waals surface area contributed by atoms with Crippen molar-refractivity contribution in [2.75, 3.05) is 22.2 Å². The van der Waals surface area contributed by atoms with Gasteiger partial charge in [0.2, 0.25) is 5.91 Å². The zero-order valence-electron chi connectivity index (χ0n) is 13.8. The fraction of sp³-hybridized carbons (Fsp3) is 0.278. The van der Waals surface area contributed by atoms with Gasteiger partial charge in [-0.2, -0.15) is 0 Å². The normalized spacial score (nSPS) is 18.6. The molecule has 1 saturated heterocycles. The molecule has 0 spiro atoms. The molecule has 8 heteroatoms. The monoisotopic (exact) mass is 397 g/mol. The second-order valence-electron chi connectivity index (χ2n) is 6.02. The number of hydrogen-bond acceptors (Lipinski definition) is 4. The lowest BCUT2D eigenvalue weighted by Gasteiger charge is -2.28. The molecule has 1 aliphatic rings. The van der Waals surface area contributed by atoms with Crippen LogP contribution in [0.25, 0.3) is 0 Å². The topological polar surface area (TPSA) is 54.5 Å². The highest BCUT2D eigenvalue weighted by Crippen LogP contribution is 2.28. The van der Waals surface area contributed by atoms with E-state index in [0.717, 1.165) is 30.0 Å². The molecule has 2 aromatic carbocycles. The van der Waals surface area contributed by atoms with Gasteiger partial charge in [-0.05, 0) is 36.8 Å². The summed E-state index contributed by atoms with van der Waals surface area (Å²) in [5.74, 6) is -1.69. The number of nitrogens with zero attached hydrogens (tertiary/aromatic N) is 1. The summed E-state index contributed by atoms with van der Waals surface area (Å²) in [6.45, 7) is 0. The molecule has 0 unspecified atom stereocenters. The van der Waals surface area contributed by atoms with E-state index in [1.54, 1.807) is 30.3 Å². The maximum absolute atomic E-state index is 13.8.